The molecule has 0 radical (unpaired) electrons. The van der Waals surface area contributed by atoms with Gasteiger partial charge in [-0.3, -0.25) is 9.48 Å². The van der Waals surface area contributed by atoms with Gasteiger partial charge in [0.15, 0.2) is 0 Å². The van der Waals surface area contributed by atoms with Crippen molar-refractivity contribution in [3.8, 4) is 0 Å². The van der Waals surface area contributed by atoms with Crippen molar-refractivity contribution in [1.82, 2.24) is 15.1 Å². The Labute approximate surface area is 148 Å². The highest BCUT2D eigenvalue weighted by Crippen LogP contribution is 2.37. The molecule has 1 aromatic rings. The molecular weight excluding hydrogens is 354 g/mol. The molecule has 0 aliphatic heterocycles. The minimum Gasteiger partial charge on any atom is -0.353 e. The van der Waals surface area contributed by atoms with Crippen LogP contribution in [-0.2, 0) is 11.3 Å². The van der Waals surface area contributed by atoms with Crippen LogP contribution < -0.4 is 5.32 Å². The second kappa shape index (κ2) is 7.37. The molecule has 0 unspecified atom stereocenters. The quantitative estimate of drug-likeness (QED) is 0.838. The van der Waals surface area contributed by atoms with E-state index in [1.165, 1.54) is 12.8 Å². The molecule has 0 spiro atoms. The maximum Gasteiger partial charge on any atom is 0.222 e. The van der Waals surface area contributed by atoms with Crippen LogP contribution in [0.1, 0.15) is 64.3 Å². The SMILES string of the molecule is Cc1nn(CCC(=O)NC2CCC(C(C)(C)C)CC2)c(C)c1Br. The standard InChI is InChI=1S/C18H30BrN3O/c1-12-17(19)13(2)22(21-12)11-10-16(23)20-15-8-6-14(7-9-15)18(3,4)5/h14-15H,6-11H2,1-5H3,(H,20,23). The van der Waals surface area contributed by atoms with Crippen LogP contribution in [0.5, 0.6) is 0 Å². The Morgan fingerprint density at radius 2 is 1.87 bits per heavy atom. The number of nitrogens with one attached hydrogen (secondary N) is 1. The fourth-order valence-electron chi connectivity index (χ4n) is 3.50. The summed E-state index contributed by atoms with van der Waals surface area (Å²) in [5.41, 5.74) is 2.45. The van der Waals surface area contributed by atoms with Crippen LogP contribution in [0.25, 0.3) is 0 Å². The van der Waals surface area contributed by atoms with Gasteiger partial charge in [-0.25, -0.2) is 0 Å². The van der Waals surface area contributed by atoms with Crippen molar-refractivity contribution in [2.45, 2.75) is 79.3 Å². The van der Waals surface area contributed by atoms with Gasteiger partial charge in [-0.1, -0.05) is 20.8 Å². The van der Waals surface area contributed by atoms with Crippen molar-refractivity contribution in [3.63, 3.8) is 0 Å². The average molecular weight is 384 g/mol. The second-order valence-corrected chi connectivity index (χ2v) is 8.73. The number of halogens is 1. The van der Waals surface area contributed by atoms with E-state index in [4.69, 9.17) is 0 Å². The van der Waals surface area contributed by atoms with Crippen molar-refractivity contribution < 1.29 is 4.79 Å². The smallest absolute Gasteiger partial charge is 0.222 e. The first-order valence-corrected chi connectivity index (χ1v) is 9.46. The average Bonchev–Trinajstić information content (AvgIpc) is 2.72. The third-order valence-electron chi connectivity index (χ3n) is 5.16. The molecule has 0 bridgehead atoms. The lowest BCUT2D eigenvalue weighted by atomic mass is 9.71. The molecule has 0 atom stereocenters. The van der Waals surface area contributed by atoms with Gasteiger partial charge in [0.05, 0.1) is 16.7 Å². The Hall–Kier alpha value is -0.840. The first-order chi connectivity index (χ1) is 10.7. The van der Waals surface area contributed by atoms with Crippen molar-refractivity contribution >= 4 is 21.8 Å². The number of hydrogen-bond acceptors (Lipinski definition) is 2. The zero-order chi connectivity index (χ0) is 17.2. The Morgan fingerprint density at radius 1 is 1.26 bits per heavy atom. The summed E-state index contributed by atoms with van der Waals surface area (Å²) in [6, 6.07) is 0.355. The van der Waals surface area contributed by atoms with Crippen molar-refractivity contribution in [3.05, 3.63) is 15.9 Å². The summed E-state index contributed by atoms with van der Waals surface area (Å²) in [4.78, 5) is 12.2. The number of carbonyl (C=O) groups is 1. The fraction of sp³-hybridized carbons (Fsp3) is 0.778. The normalized spacial score (nSPS) is 22.2. The summed E-state index contributed by atoms with van der Waals surface area (Å²) >= 11 is 3.52. The number of amides is 1. The van der Waals surface area contributed by atoms with E-state index in [9.17, 15) is 4.79 Å². The lowest BCUT2D eigenvalue weighted by Crippen LogP contribution is -2.39. The van der Waals surface area contributed by atoms with E-state index >= 15 is 0 Å². The van der Waals surface area contributed by atoms with Crippen LogP contribution >= 0.6 is 15.9 Å². The zero-order valence-corrected chi connectivity index (χ0v) is 16.7. The molecule has 1 fully saturated rings. The number of carbonyl (C=O) groups excluding carboxylic acids is 1. The molecule has 23 heavy (non-hydrogen) atoms. The van der Waals surface area contributed by atoms with Gasteiger partial charge in [0.25, 0.3) is 0 Å². The molecular formula is C18H30BrN3O. The van der Waals surface area contributed by atoms with Gasteiger partial charge in [-0.05, 0) is 66.8 Å². The van der Waals surface area contributed by atoms with E-state index in [1.807, 2.05) is 18.5 Å². The molecule has 0 aromatic carbocycles. The summed E-state index contributed by atoms with van der Waals surface area (Å²) < 4.78 is 2.95. The van der Waals surface area contributed by atoms with Gasteiger partial charge in [0.1, 0.15) is 0 Å². The molecule has 1 saturated carbocycles. The van der Waals surface area contributed by atoms with Gasteiger partial charge in [0.2, 0.25) is 5.91 Å². The van der Waals surface area contributed by atoms with E-state index in [1.54, 1.807) is 0 Å². The van der Waals surface area contributed by atoms with Crippen molar-refractivity contribution in [1.29, 1.82) is 0 Å². The van der Waals surface area contributed by atoms with Gasteiger partial charge in [-0.15, -0.1) is 0 Å². The molecule has 4 nitrogen and oxygen atoms in total. The monoisotopic (exact) mass is 383 g/mol. The topological polar surface area (TPSA) is 46.9 Å². The molecule has 5 heteroatoms. The predicted octanol–water partition coefficient (Wildman–Crippen LogP) is 4.37. The first kappa shape index (κ1) is 18.5. The second-order valence-electron chi connectivity index (χ2n) is 7.94. The largest absolute Gasteiger partial charge is 0.353 e. The number of rotatable bonds is 4. The number of nitrogens with zero attached hydrogens (tertiary/aromatic N) is 2. The molecule has 1 heterocycles. The molecule has 1 aromatic heterocycles. The van der Waals surface area contributed by atoms with Crippen LogP contribution in [0.15, 0.2) is 4.47 Å². The summed E-state index contributed by atoms with van der Waals surface area (Å²) in [7, 11) is 0. The van der Waals surface area contributed by atoms with Crippen molar-refractivity contribution in [2.75, 3.05) is 0 Å². The molecule has 2 rings (SSSR count). The summed E-state index contributed by atoms with van der Waals surface area (Å²) in [5, 5.41) is 7.67. The fourth-order valence-corrected chi connectivity index (χ4v) is 3.79. The van der Waals surface area contributed by atoms with Crippen molar-refractivity contribution in [2.24, 2.45) is 11.3 Å². The van der Waals surface area contributed by atoms with E-state index < -0.39 is 0 Å². The molecule has 1 aliphatic carbocycles. The number of aryl methyl sites for hydroxylation is 2. The van der Waals surface area contributed by atoms with Crippen LogP contribution in [0, 0.1) is 25.2 Å². The molecule has 130 valence electrons. The highest BCUT2D eigenvalue weighted by molar-refractivity contribution is 9.10. The van der Waals surface area contributed by atoms with E-state index in [-0.39, 0.29) is 5.91 Å². The lowest BCUT2D eigenvalue weighted by molar-refractivity contribution is -0.122. The maximum absolute atomic E-state index is 12.2. The summed E-state index contributed by atoms with van der Waals surface area (Å²) in [6.07, 6.45) is 5.16. The first-order valence-electron chi connectivity index (χ1n) is 8.67. The third-order valence-corrected chi connectivity index (χ3v) is 6.31. The van der Waals surface area contributed by atoms with Gasteiger partial charge < -0.3 is 5.32 Å². The van der Waals surface area contributed by atoms with Crippen LogP contribution in [0.2, 0.25) is 0 Å². The summed E-state index contributed by atoms with van der Waals surface area (Å²) in [6.45, 7) is 11.6. The Bertz CT molecular complexity index is 551. The van der Waals surface area contributed by atoms with Gasteiger partial charge in [0, 0.05) is 18.2 Å². The Kier molecular flexibility index (Phi) is 5.93. The number of hydrogen-bond donors (Lipinski definition) is 1. The van der Waals surface area contributed by atoms with E-state index in [0.717, 1.165) is 34.6 Å². The third kappa shape index (κ3) is 4.82. The van der Waals surface area contributed by atoms with Crippen LogP contribution in [-0.4, -0.2) is 21.7 Å². The number of aromatic nitrogens is 2. The highest BCUT2D eigenvalue weighted by atomic mass is 79.9. The van der Waals surface area contributed by atoms with E-state index in [2.05, 4.69) is 47.1 Å². The Balaban J connectivity index is 1.77. The highest BCUT2D eigenvalue weighted by Gasteiger charge is 2.30. The minimum atomic E-state index is 0.146. The molecule has 1 N–H and O–H groups in total. The van der Waals surface area contributed by atoms with Crippen LogP contribution in [0.3, 0.4) is 0 Å². The van der Waals surface area contributed by atoms with Gasteiger partial charge >= 0.3 is 0 Å². The van der Waals surface area contributed by atoms with Crippen LogP contribution in [0.4, 0.5) is 0 Å². The van der Waals surface area contributed by atoms with E-state index in [0.29, 0.717) is 24.4 Å². The Morgan fingerprint density at radius 3 is 2.35 bits per heavy atom. The molecule has 0 saturated heterocycles. The molecule has 1 amide bonds. The molecule has 1 aliphatic rings. The minimum absolute atomic E-state index is 0.146. The lowest BCUT2D eigenvalue weighted by Gasteiger charge is -2.37. The van der Waals surface area contributed by atoms with Gasteiger partial charge in [-0.2, -0.15) is 5.10 Å². The maximum atomic E-state index is 12.2. The predicted molar refractivity (Wildman–Crippen MR) is 97.4 cm³/mol. The summed E-state index contributed by atoms with van der Waals surface area (Å²) in [5.74, 6) is 0.926. The zero-order valence-electron chi connectivity index (χ0n) is 15.1.